The molecule has 3 N–H and O–H groups in total. The van der Waals surface area contributed by atoms with Crippen molar-refractivity contribution in [3.8, 4) is 11.4 Å². The Kier molecular flexibility index (Phi) is 9.22. The van der Waals surface area contributed by atoms with Crippen molar-refractivity contribution < 1.29 is 19.4 Å². The second-order valence-electron chi connectivity index (χ2n) is 20.7. The molecule has 5 aliphatic rings. The Morgan fingerprint density at radius 1 is 1.04 bits per heavy atom. The Bertz CT molecular complexity index is 1730. The standard InChI is InChI=1S/C43H66N6O4/c1-26(2)27(3)39(8)16-17-40(9)29-12-13-32-38(7)18-31(49-35(47-25-48-49)28-19-45-24-46-20-28)34(53-22-42(11,44)37(4,5)6)43(32,23-52-21-38)30(29)14-15-41(40,10)33(39)36(50)51/h14,19-20,24-27,29,31-34H,12-13,15-18,21-23,44H2,1-11H3,(H,50,51)/t27-,29+,31-,32-,33-,34+,38-,39-,40-,41+,42+,43+/m1/s1. The van der Waals surface area contributed by atoms with Gasteiger partial charge >= 0.3 is 5.97 Å². The molecule has 0 spiro atoms. The third-order valence-electron chi connectivity index (χ3n) is 17.0. The summed E-state index contributed by atoms with van der Waals surface area (Å²) in [4.78, 5) is 27.1. The quantitative estimate of drug-likeness (QED) is 0.259. The molecule has 4 aliphatic carbocycles. The molecule has 12 atom stereocenters. The lowest BCUT2D eigenvalue weighted by atomic mass is 9.34. The molecule has 2 aromatic rings. The molecular weight excluding hydrogens is 665 g/mol. The van der Waals surface area contributed by atoms with E-state index in [4.69, 9.17) is 25.3 Å². The Morgan fingerprint density at radius 2 is 1.74 bits per heavy atom. The van der Waals surface area contributed by atoms with E-state index < -0.39 is 28.3 Å². The van der Waals surface area contributed by atoms with Gasteiger partial charge in [0.25, 0.3) is 0 Å². The topological polar surface area (TPSA) is 138 Å². The highest BCUT2D eigenvalue weighted by molar-refractivity contribution is 5.73. The fourth-order valence-corrected chi connectivity index (χ4v) is 12.7. The molecule has 0 unspecified atom stereocenters. The molecule has 292 valence electrons. The summed E-state index contributed by atoms with van der Waals surface area (Å²) >= 11 is 0. The van der Waals surface area contributed by atoms with Crippen molar-refractivity contribution in [3.63, 3.8) is 0 Å². The molecule has 7 rings (SSSR count). The summed E-state index contributed by atoms with van der Waals surface area (Å²) in [5.41, 5.74) is 7.04. The van der Waals surface area contributed by atoms with Crippen molar-refractivity contribution in [2.75, 3.05) is 19.8 Å². The molecule has 1 saturated heterocycles. The largest absolute Gasteiger partial charge is 0.481 e. The van der Waals surface area contributed by atoms with Crippen molar-refractivity contribution in [2.24, 2.45) is 67.8 Å². The van der Waals surface area contributed by atoms with Gasteiger partial charge in [-0.2, -0.15) is 5.10 Å². The van der Waals surface area contributed by atoms with E-state index in [1.807, 2.05) is 0 Å². The molecule has 2 aromatic heterocycles. The number of ether oxygens (including phenoxy) is 2. The summed E-state index contributed by atoms with van der Waals surface area (Å²) in [5, 5.41) is 16.1. The summed E-state index contributed by atoms with van der Waals surface area (Å²) in [7, 11) is 0. The number of carbonyl (C=O) groups is 1. The maximum absolute atomic E-state index is 13.6. The lowest BCUT2D eigenvalue weighted by Gasteiger charge is -2.71. The van der Waals surface area contributed by atoms with Gasteiger partial charge in [-0.3, -0.25) is 4.79 Å². The number of aromatic nitrogens is 5. The summed E-state index contributed by atoms with van der Waals surface area (Å²) < 4.78 is 16.3. The van der Waals surface area contributed by atoms with Crippen LogP contribution in [0.25, 0.3) is 11.4 Å². The summed E-state index contributed by atoms with van der Waals surface area (Å²) in [6.07, 6.45) is 14.5. The molecule has 0 amide bonds. The molecule has 0 aromatic carbocycles. The van der Waals surface area contributed by atoms with Crippen LogP contribution in [0, 0.1) is 62.1 Å². The fourth-order valence-electron chi connectivity index (χ4n) is 12.7. The van der Waals surface area contributed by atoms with E-state index in [0.29, 0.717) is 31.7 Å². The van der Waals surface area contributed by atoms with Crippen LogP contribution in [0.1, 0.15) is 121 Å². The predicted octanol–water partition coefficient (Wildman–Crippen LogP) is 8.01. The van der Waals surface area contributed by atoms with Gasteiger partial charge in [-0.05, 0) is 96.2 Å². The maximum atomic E-state index is 13.6. The smallest absolute Gasteiger partial charge is 0.307 e. The van der Waals surface area contributed by atoms with Crippen LogP contribution in [-0.4, -0.2) is 67.3 Å². The van der Waals surface area contributed by atoms with Crippen LogP contribution in [0.15, 0.2) is 36.7 Å². The Hall–Kier alpha value is -2.69. The number of hydrogen-bond acceptors (Lipinski definition) is 8. The van der Waals surface area contributed by atoms with Crippen molar-refractivity contribution >= 4 is 5.97 Å². The molecular formula is C43H66N6O4. The van der Waals surface area contributed by atoms with Crippen molar-refractivity contribution in [1.29, 1.82) is 0 Å². The highest BCUT2D eigenvalue weighted by atomic mass is 16.5. The van der Waals surface area contributed by atoms with Crippen LogP contribution in [-0.2, 0) is 14.3 Å². The van der Waals surface area contributed by atoms with E-state index in [0.717, 1.165) is 49.9 Å². The van der Waals surface area contributed by atoms with Gasteiger partial charge in [-0.15, -0.1) is 0 Å². The molecule has 53 heavy (non-hydrogen) atoms. The van der Waals surface area contributed by atoms with Gasteiger partial charge < -0.3 is 20.3 Å². The van der Waals surface area contributed by atoms with Crippen LogP contribution in [0.5, 0.6) is 0 Å². The number of carboxylic acid groups (broad SMARTS) is 1. The van der Waals surface area contributed by atoms with E-state index in [1.165, 1.54) is 11.9 Å². The Morgan fingerprint density at radius 3 is 2.38 bits per heavy atom. The number of rotatable bonds is 8. The average Bonchev–Trinajstić information content (AvgIpc) is 3.57. The minimum atomic E-state index is -0.641. The van der Waals surface area contributed by atoms with E-state index in [2.05, 4.69) is 96.9 Å². The predicted molar refractivity (Wildman–Crippen MR) is 205 cm³/mol. The van der Waals surface area contributed by atoms with Gasteiger partial charge in [-0.1, -0.05) is 80.9 Å². The van der Waals surface area contributed by atoms with Gasteiger partial charge in [0.15, 0.2) is 5.82 Å². The van der Waals surface area contributed by atoms with E-state index >= 15 is 0 Å². The number of allylic oxidation sites excluding steroid dienone is 1. The second-order valence-corrected chi connectivity index (χ2v) is 20.7. The van der Waals surface area contributed by atoms with Gasteiger partial charge in [0, 0.05) is 23.3 Å². The second kappa shape index (κ2) is 12.7. The van der Waals surface area contributed by atoms with Crippen LogP contribution >= 0.6 is 0 Å². The Balaban J connectivity index is 1.41. The van der Waals surface area contributed by atoms with Crippen molar-refractivity contribution in [3.05, 3.63) is 36.7 Å². The van der Waals surface area contributed by atoms with E-state index in [9.17, 15) is 9.90 Å². The molecule has 2 bridgehead atoms. The number of nitrogens with zero attached hydrogens (tertiary/aromatic N) is 5. The first kappa shape index (κ1) is 38.6. The minimum Gasteiger partial charge on any atom is -0.481 e. The summed E-state index contributed by atoms with van der Waals surface area (Å²) in [6.45, 7) is 26.5. The molecule has 1 aliphatic heterocycles. The fraction of sp³-hybridized carbons (Fsp3) is 0.791. The third kappa shape index (κ3) is 5.45. The minimum absolute atomic E-state index is 0.135. The van der Waals surface area contributed by atoms with Gasteiger partial charge in [0.05, 0.1) is 43.4 Å². The van der Waals surface area contributed by atoms with Crippen molar-refractivity contribution in [2.45, 2.75) is 132 Å². The van der Waals surface area contributed by atoms with Crippen LogP contribution in [0.3, 0.4) is 0 Å². The first-order valence-corrected chi connectivity index (χ1v) is 20.2. The zero-order valence-corrected chi connectivity index (χ0v) is 34.3. The van der Waals surface area contributed by atoms with Crippen LogP contribution in [0.4, 0.5) is 0 Å². The highest BCUT2D eigenvalue weighted by Gasteiger charge is 2.73. The number of nitrogens with two attached hydrogens (primary N) is 1. The number of carboxylic acids is 1. The third-order valence-corrected chi connectivity index (χ3v) is 17.0. The van der Waals surface area contributed by atoms with Crippen molar-refractivity contribution in [1.82, 2.24) is 24.7 Å². The molecule has 3 saturated carbocycles. The first-order valence-electron chi connectivity index (χ1n) is 20.2. The number of fused-ring (bicyclic) bond motifs is 3. The lowest BCUT2D eigenvalue weighted by Crippen LogP contribution is -2.70. The highest BCUT2D eigenvalue weighted by Crippen LogP contribution is 2.75. The molecule has 10 nitrogen and oxygen atoms in total. The normalized spacial score (nSPS) is 41.4. The molecule has 0 radical (unpaired) electrons. The monoisotopic (exact) mass is 731 g/mol. The van der Waals surface area contributed by atoms with Gasteiger partial charge in [0.1, 0.15) is 12.7 Å². The Labute approximate surface area is 317 Å². The van der Waals surface area contributed by atoms with Gasteiger partial charge in [0.2, 0.25) is 0 Å². The number of hydrogen-bond donors (Lipinski definition) is 2. The van der Waals surface area contributed by atoms with Crippen LogP contribution in [0.2, 0.25) is 0 Å². The lowest BCUT2D eigenvalue weighted by molar-refractivity contribution is -0.255. The van der Waals surface area contributed by atoms with E-state index in [1.54, 1.807) is 18.7 Å². The molecule has 4 fully saturated rings. The molecule has 10 heteroatoms. The first-order chi connectivity index (χ1) is 24.7. The zero-order chi connectivity index (χ0) is 38.6. The average molecular weight is 731 g/mol. The van der Waals surface area contributed by atoms with Crippen LogP contribution < -0.4 is 5.73 Å². The molecule has 3 heterocycles. The summed E-state index contributed by atoms with van der Waals surface area (Å²) in [6, 6.07) is -0.150. The SMILES string of the molecule is CC(C)[C@@H](C)[C@@]1(C)CC[C@]2(C)[C@H]3CC[C@@H]4[C@@]5(C)COC[C@@]4(C3=CC[C@@]2(C)[C@@H]1C(=O)O)[C@@H](OC[C@](C)(N)C(C)(C)C)[C@H](n1ncnc1-c1cncnc1)C5. The zero-order valence-electron chi connectivity index (χ0n) is 34.3. The number of aliphatic carboxylic acids is 1. The maximum Gasteiger partial charge on any atom is 0.307 e. The summed E-state index contributed by atoms with van der Waals surface area (Å²) in [5.74, 6) is 0.863. The van der Waals surface area contributed by atoms with E-state index in [-0.39, 0.29) is 45.6 Å². The van der Waals surface area contributed by atoms with Gasteiger partial charge in [-0.25, -0.2) is 19.6 Å².